The van der Waals surface area contributed by atoms with Crippen molar-refractivity contribution in [3.05, 3.63) is 47.5 Å². The molecule has 16 heavy (non-hydrogen) atoms. The van der Waals surface area contributed by atoms with Crippen molar-refractivity contribution >= 4 is 44.7 Å². The number of aromatic nitrogens is 1. The third-order valence-corrected chi connectivity index (χ3v) is 4.14. The van der Waals surface area contributed by atoms with Crippen LogP contribution in [0.5, 0.6) is 0 Å². The van der Waals surface area contributed by atoms with E-state index in [0.717, 1.165) is 0 Å². The Hall–Kier alpha value is -1.03. The Bertz CT molecular complexity index is 695. The molecule has 0 radical (unpaired) electrons. The van der Waals surface area contributed by atoms with Crippen molar-refractivity contribution in [3.8, 4) is 0 Å². The highest BCUT2D eigenvalue weighted by atomic mass is 127. The van der Waals surface area contributed by atoms with Crippen LogP contribution >= 0.6 is 22.9 Å². The Morgan fingerprint density at radius 3 is 2.62 bits per heavy atom. The summed E-state index contributed by atoms with van der Waals surface area (Å²) in [6.45, 7) is 4.32. The minimum absolute atomic E-state index is 1.31. The molecule has 0 aliphatic rings. The molecule has 1 heterocycles. The molecule has 0 N–H and O–H groups in total. The minimum Gasteiger partial charge on any atom is -0.282 e. The van der Waals surface area contributed by atoms with Gasteiger partial charge in [-0.15, -0.1) is 0 Å². The lowest BCUT2D eigenvalue weighted by molar-refractivity contribution is 1.44. The quantitative estimate of drug-likeness (QED) is 0.533. The van der Waals surface area contributed by atoms with Gasteiger partial charge in [0.2, 0.25) is 0 Å². The van der Waals surface area contributed by atoms with Crippen molar-refractivity contribution in [1.82, 2.24) is 2.78 Å². The number of hydrogen-bond donors (Lipinski definition) is 0. The third-order valence-electron chi connectivity index (χ3n) is 3.10. The highest BCUT2D eigenvalue weighted by Gasteiger charge is 2.10. The Balaban J connectivity index is 2.65. The molecular weight excluding hydrogens is 309 g/mol. The van der Waals surface area contributed by atoms with Gasteiger partial charge in [-0.25, -0.2) is 0 Å². The van der Waals surface area contributed by atoms with Crippen LogP contribution in [0.2, 0.25) is 0 Å². The van der Waals surface area contributed by atoms with E-state index in [0.29, 0.717) is 0 Å². The van der Waals surface area contributed by atoms with Gasteiger partial charge in [-0.3, -0.25) is 2.78 Å². The molecule has 0 saturated carbocycles. The number of hydrogen-bond acceptors (Lipinski definition) is 0. The number of benzene rings is 2. The molecule has 0 bridgehead atoms. The van der Waals surface area contributed by atoms with Crippen molar-refractivity contribution in [2.24, 2.45) is 0 Å². The Morgan fingerprint density at radius 2 is 1.81 bits per heavy atom. The van der Waals surface area contributed by atoms with Crippen LogP contribution in [0.4, 0.5) is 0 Å². The van der Waals surface area contributed by atoms with E-state index in [-0.39, 0.29) is 0 Å². The van der Waals surface area contributed by atoms with Crippen LogP contribution in [0, 0.1) is 13.8 Å². The van der Waals surface area contributed by atoms with Gasteiger partial charge in [0.1, 0.15) is 0 Å². The van der Waals surface area contributed by atoms with Crippen LogP contribution in [0.15, 0.2) is 36.4 Å². The lowest BCUT2D eigenvalue weighted by Gasteiger charge is -1.96. The van der Waals surface area contributed by atoms with Gasteiger partial charge >= 0.3 is 0 Å². The van der Waals surface area contributed by atoms with Crippen LogP contribution in [-0.4, -0.2) is 2.78 Å². The minimum atomic E-state index is 1.31. The second-order valence-corrected chi connectivity index (χ2v) is 5.24. The topological polar surface area (TPSA) is 4.93 Å². The number of nitrogens with zero attached hydrogens (tertiary/aromatic N) is 1. The number of fused-ring (bicyclic) bond motifs is 3. The van der Waals surface area contributed by atoms with E-state index >= 15 is 0 Å². The molecular formula is C14H12IN. The van der Waals surface area contributed by atoms with Crippen LogP contribution in [0.1, 0.15) is 11.1 Å². The van der Waals surface area contributed by atoms with E-state index in [2.05, 4.69) is 75.9 Å². The molecule has 3 aromatic rings. The Morgan fingerprint density at radius 1 is 1.00 bits per heavy atom. The van der Waals surface area contributed by atoms with Gasteiger partial charge in [-0.2, -0.15) is 0 Å². The predicted molar refractivity (Wildman–Crippen MR) is 78.3 cm³/mol. The summed E-state index contributed by atoms with van der Waals surface area (Å²) < 4.78 is 2.25. The fourth-order valence-electron chi connectivity index (χ4n) is 2.31. The summed E-state index contributed by atoms with van der Waals surface area (Å²) in [4.78, 5) is 0. The molecule has 80 valence electrons. The highest BCUT2D eigenvalue weighted by molar-refractivity contribution is 14.1. The average Bonchev–Trinajstić information content (AvgIpc) is 2.55. The lowest BCUT2D eigenvalue weighted by atomic mass is 10.1. The van der Waals surface area contributed by atoms with Gasteiger partial charge in [-0.05, 0) is 37.1 Å². The molecule has 2 aromatic carbocycles. The Kier molecular flexibility index (Phi) is 2.21. The van der Waals surface area contributed by atoms with Crippen molar-refractivity contribution in [2.45, 2.75) is 13.8 Å². The monoisotopic (exact) mass is 321 g/mol. The summed E-state index contributed by atoms with van der Waals surface area (Å²) in [5.74, 6) is 0. The lowest BCUT2D eigenvalue weighted by Crippen LogP contribution is -1.78. The van der Waals surface area contributed by atoms with Crippen molar-refractivity contribution in [1.29, 1.82) is 0 Å². The first kappa shape index (κ1) is 10.1. The molecule has 0 saturated heterocycles. The summed E-state index contributed by atoms with van der Waals surface area (Å²) >= 11 is 2.38. The van der Waals surface area contributed by atoms with E-state index in [9.17, 15) is 0 Å². The van der Waals surface area contributed by atoms with E-state index in [4.69, 9.17) is 0 Å². The second-order valence-electron chi connectivity index (χ2n) is 4.27. The molecule has 3 rings (SSSR count). The molecule has 1 nitrogen and oxygen atoms in total. The molecule has 1 aromatic heterocycles. The summed E-state index contributed by atoms with van der Waals surface area (Å²) in [6.07, 6.45) is 0. The molecule has 0 unspecified atom stereocenters. The van der Waals surface area contributed by atoms with E-state index in [1.165, 1.54) is 32.9 Å². The zero-order valence-corrected chi connectivity index (χ0v) is 11.4. The first-order chi connectivity index (χ1) is 7.68. The maximum absolute atomic E-state index is 2.38. The first-order valence-electron chi connectivity index (χ1n) is 5.35. The predicted octanol–water partition coefficient (Wildman–Crippen LogP) is 4.61. The summed E-state index contributed by atoms with van der Waals surface area (Å²) in [5.41, 5.74) is 5.28. The largest absolute Gasteiger partial charge is 0.282 e. The standard InChI is InChI=1S/C14H12IN/c1-9-6-7-11-13(8-9)16(15)12-5-3-4-10(2)14(11)12/h3-8H,1-2H3. The van der Waals surface area contributed by atoms with Gasteiger partial charge in [0.05, 0.1) is 33.9 Å². The van der Waals surface area contributed by atoms with Crippen molar-refractivity contribution in [2.75, 3.05) is 0 Å². The summed E-state index contributed by atoms with van der Waals surface area (Å²) in [6, 6.07) is 13.2. The highest BCUT2D eigenvalue weighted by Crippen LogP contribution is 2.33. The molecule has 0 spiro atoms. The van der Waals surface area contributed by atoms with Crippen molar-refractivity contribution in [3.63, 3.8) is 0 Å². The maximum Gasteiger partial charge on any atom is 0.0646 e. The van der Waals surface area contributed by atoms with Crippen LogP contribution in [0.25, 0.3) is 21.8 Å². The summed E-state index contributed by atoms with van der Waals surface area (Å²) in [7, 11) is 0. The van der Waals surface area contributed by atoms with Gasteiger partial charge in [-0.1, -0.05) is 24.3 Å². The normalized spacial score (nSPS) is 11.4. The van der Waals surface area contributed by atoms with E-state index < -0.39 is 0 Å². The first-order valence-corrected chi connectivity index (χ1v) is 6.31. The smallest absolute Gasteiger partial charge is 0.0646 e. The molecule has 0 aliphatic carbocycles. The molecule has 0 atom stereocenters. The van der Waals surface area contributed by atoms with E-state index in [1.807, 2.05) is 0 Å². The van der Waals surface area contributed by atoms with Crippen LogP contribution < -0.4 is 0 Å². The van der Waals surface area contributed by atoms with Gasteiger partial charge in [0.25, 0.3) is 0 Å². The second kappa shape index (κ2) is 3.48. The number of aryl methyl sites for hydroxylation is 2. The maximum atomic E-state index is 2.38. The van der Waals surface area contributed by atoms with Crippen LogP contribution in [-0.2, 0) is 0 Å². The van der Waals surface area contributed by atoms with Gasteiger partial charge < -0.3 is 0 Å². The third kappa shape index (κ3) is 1.29. The SMILES string of the molecule is Cc1ccc2c3c(C)cccc3n(I)c2c1. The Labute approximate surface area is 109 Å². The molecule has 0 amide bonds. The summed E-state index contributed by atoms with van der Waals surface area (Å²) in [5, 5.41) is 2.74. The van der Waals surface area contributed by atoms with E-state index in [1.54, 1.807) is 0 Å². The van der Waals surface area contributed by atoms with Gasteiger partial charge in [0.15, 0.2) is 0 Å². The zero-order valence-electron chi connectivity index (χ0n) is 9.29. The van der Waals surface area contributed by atoms with Crippen LogP contribution in [0.3, 0.4) is 0 Å². The number of halogens is 1. The molecule has 0 aliphatic heterocycles. The molecule has 0 fully saturated rings. The van der Waals surface area contributed by atoms with Crippen molar-refractivity contribution < 1.29 is 0 Å². The zero-order chi connectivity index (χ0) is 11.3. The average molecular weight is 321 g/mol. The fourth-order valence-corrected chi connectivity index (χ4v) is 3.11. The fraction of sp³-hybridized carbons (Fsp3) is 0.143. The number of rotatable bonds is 0. The molecule has 2 heteroatoms. The van der Waals surface area contributed by atoms with Gasteiger partial charge in [0, 0.05) is 10.8 Å².